The molecule has 7 nitrogen and oxygen atoms in total. The number of thiazole rings is 1. The number of aromatic nitrogens is 1. The molecule has 2 aromatic heterocycles. The zero-order chi connectivity index (χ0) is 26.3. The third-order valence-corrected chi connectivity index (χ3v) is 10.8. The van der Waals surface area contributed by atoms with E-state index in [1.807, 2.05) is 30.3 Å². The van der Waals surface area contributed by atoms with Crippen molar-refractivity contribution in [3.8, 4) is 0 Å². The summed E-state index contributed by atoms with van der Waals surface area (Å²) < 4.78 is 7.12. The van der Waals surface area contributed by atoms with Crippen molar-refractivity contribution < 1.29 is 4.43 Å². The Bertz CT molecular complexity index is 1310. The summed E-state index contributed by atoms with van der Waals surface area (Å²) in [5.74, 6) is 0. The molecule has 2 heterocycles. The maximum Gasteiger partial charge on any atom is 0.231 e. The van der Waals surface area contributed by atoms with Gasteiger partial charge in [0, 0.05) is 25.4 Å². The highest BCUT2D eigenvalue weighted by molar-refractivity contribution is 7.30. The van der Waals surface area contributed by atoms with Crippen LogP contribution in [0.4, 0.5) is 27.2 Å². The van der Waals surface area contributed by atoms with Crippen LogP contribution in [0.3, 0.4) is 0 Å². The Balaban J connectivity index is 1.33. The molecule has 4 rings (SSSR count). The summed E-state index contributed by atoms with van der Waals surface area (Å²) in [6.45, 7) is 13.8. The van der Waals surface area contributed by atoms with Gasteiger partial charge in [-0.15, -0.1) is 20.5 Å². The number of anilines is 1. The van der Waals surface area contributed by atoms with E-state index >= 15 is 0 Å². The fourth-order valence-electron chi connectivity index (χ4n) is 3.61. The Kier molecular flexibility index (Phi) is 9.31. The molecular weight excluding hydrogens is 517 g/mol. The number of fused-ring (bicyclic) bond motifs is 1. The molecule has 0 aliphatic heterocycles. The Morgan fingerprint density at radius 1 is 0.838 bits per heavy atom. The minimum atomic E-state index is -1.48. The third-order valence-electron chi connectivity index (χ3n) is 6.23. The molecule has 37 heavy (non-hydrogen) atoms. The number of azo groups is 2. The lowest BCUT2D eigenvalue weighted by Gasteiger charge is -2.20. The van der Waals surface area contributed by atoms with Crippen molar-refractivity contribution in [2.24, 2.45) is 20.5 Å². The van der Waals surface area contributed by atoms with Gasteiger partial charge in [-0.05, 0) is 87.4 Å². The average molecular weight is 551 g/mol. The van der Waals surface area contributed by atoms with Crippen LogP contribution in [0.15, 0.2) is 75.1 Å². The fourth-order valence-corrected chi connectivity index (χ4v) is 6.31. The molecule has 0 aliphatic rings. The number of rotatable bonds is 12. The second kappa shape index (κ2) is 12.6. The molecule has 0 unspecified atom stereocenters. The van der Waals surface area contributed by atoms with E-state index in [-0.39, 0.29) is 0 Å². The summed E-state index contributed by atoms with van der Waals surface area (Å²) in [6.07, 6.45) is 0.919. The van der Waals surface area contributed by atoms with Crippen LogP contribution in [0.2, 0.25) is 19.1 Å². The van der Waals surface area contributed by atoms with Gasteiger partial charge in [0.15, 0.2) is 8.32 Å². The first kappa shape index (κ1) is 27.2. The van der Waals surface area contributed by atoms with Crippen molar-refractivity contribution >= 4 is 67.7 Å². The summed E-state index contributed by atoms with van der Waals surface area (Å²) in [5, 5.41) is 19.0. The Morgan fingerprint density at radius 2 is 1.49 bits per heavy atom. The molecule has 0 bridgehead atoms. The molecule has 0 fully saturated rings. The van der Waals surface area contributed by atoms with Crippen molar-refractivity contribution in [1.82, 2.24) is 4.98 Å². The first-order valence-corrected chi connectivity index (χ1v) is 17.5. The monoisotopic (exact) mass is 550 g/mol. The topological polar surface area (TPSA) is 74.8 Å². The summed E-state index contributed by atoms with van der Waals surface area (Å²) in [4.78, 5) is 7.80. The SMILES string of the molecule is CCN(CC)c1ccc(N=Nc2nc3sc(N=Nc4ccc(CCO[Si](C)(C)CC)cc4)cc3s2)cc1. The first-order chi connectivity index (χ1) is 17.9. The van der Waals surface area contributed by atoms with Gasteiger partial charge < -0.3 is 9.33 Å². The van der Waals surface area contributed by atoms with Crippen LogP contribution in [0.1, 0.15) is 26.3 Å². The van der Waals surface area contributed by atoms with Crippen molar-refractivity contribution in [2.45, 2.75) is 46.3 Å². The van der Waals surface area contributed by atoms with Gasteiger partial charge in [-0.25, -0.2) is 4.98 Å². The van der Waals surface area contributed by atoms with E-state index in [9.17, 15) is 0 Å². The van der Waals surface area contributed by atoms with Crippen molar-refractivity contribution in [3.05, 3.63) is 60.2 Å². The van der Waals surface area contributed by atoms with Gasteiger partial charge in [0.2, 0.25) is 5.13 Å². The third kappa shape index (κ3) is 7.61. The number of hydrogen-bond donors (Lipinski definition) is 0. The van der Waals surface area contributed by atoms with Gasteiger partial charge in [-0.3, -0.25) is 0 Å². The van der Waals surface area contributed by atoms with E-state index in [2.05, 4.69) is 88.5 Å². The number of hydrogen-bond acceptors (Lipinski definition) is 9. The van der Waals surface area contributed by atoms with E-state index in [1.165, 1.54) is 33.9 Å². The zero-order valence-corrected chi connectivity index (χ0v) is 24.8. The van der Waals surface area contributed by atoms with Gasteiger partial charge in [0.05, 0.1) is 16.1 Å². The van der Waals surface area contributed by atoms with Gasteiger partial charge in [0.1, 0.15) is 9.83 Å². The molecule has 0 atom stereocenters. The van der Waals surface area contributed by atoms with E-state index < -0.39 is 8.32 Å². The largest absolute Gasteiger partial charge is 0.417 e. The Hall–Kier alpha value is -2.79. The molecule has 0 saturated heterocycles. The maximum atomic E-state index is 6.08. The number of thiophene rings is 1. The number of benzene rings is 2. The molecule has 0 saturated carbocycles. The molecule has 2 aromatic carbocycles. The second-order valence-corrected chi connectivity index (χ2v) is 15.8. The van der Waals surface area contributed by atoms with Gasteiger partial charge in [-0.1, -0.05) is 41.7 Å². The quantitative estimate of drug-likeness (QED) is 0.130. The first-order valence-electron chi connectivity index (χ1n) is 12.7. The molecule has 0 radical (unpaired) electrons. The predicted molar refractivity (Wildman–Crippen MR) is 160 cm³/mol. The van der Waals surface area contributed by atoms with Gasteiger partial charge in [0.25, 0.3) is 0 Å². The van der Waals surface area contributed by atoms with Crippen LogP contribution in [-0.2, 0) is 10.8 Å². The Morgan fingerprint density at radius 3 is 2.11 bits per heavy atom. The van der Waals surface area contributed by atoms with Crippen LogP contribution in [0, 0.1) is 0 Å². The summed E-state index contributed by atoms with van der Waals surface area (Å²) >= 11 is 3.01. The maximum absolute atomic E-state index is 6.08. The van der Waals surface area contributed by atoms with E-state index in [4.69, 9.17) is 4.43 Å². The second-order valence-electron chi connectivity index (χ2n) is 9.22. The molecule has 0 N–H and O–H groups in total. The smallest absolute Gasteiger partial charge is 0.231 e. The lowest BCUT2D eigenvalue weighted by molar-refractivity contribution is 0.312. The molecule has 0 spiro atoms. The van der Waals surface area contributed by atoms with Crippen LogP contribution < -0.4 is 4.90 Å². The van der Waals surface area contributed by atoms with Crippen molar-refractivity contribution in [1.29, 1.82) is 0 Å². The Labute approximate surface area is 228 Å². The van der Waals surface area contributed by atoms with Crippen LogP contribution in [-0.4, -0.2) is 33.0 Å². The van der Waals surface area contributed by atoms with Gasteiger partial charge in [-0.2, -0.15) is 0 Å². The molecule has 0 amide bonds. The average Bonchev–Trinajstić information content (AvgIpc) is 3.47. The van der Waals surface area contributed by atoms with E-state index in [1.54, 1.807) is 0 Å². The lowest BCUT2D eigenvalue weighted by Crippen LogP contribution is -2.29. The highest BCUT2D eigenvalue weighted by Gasteiger charge is 2.18. The normalized spacial score (nSPS) is 12.4. The van der Waals surface area contributed by atoms with E-state index in [0.29, 0.717) is 5.13 Å². The van der Waals surface area contributed by atoms with Crippen LogP contribution in [0.5, 0.6) is 0 Å². The summed E-state index contributed by atoms with van der Waals surface area (Å²) in [6, 6.07) is 19.5. The highest BCUT2D eigenvalue weighted by Crippen LogP contribution is 2.39. The molecule has 194 valence electrons. The summed E-state index contributed by atoms with van der Waals surface area (Å²) in [5.41, 5.74) is 4.09. The van der Waals surface area contributed by atoms with Crippen molar-refractivity contribution in [3.63, 3.8) is 0 Å². The molecular formula is C27H34N6OS2Si. The molecule has 10 heteroatoms. The highest BCUT2D eigenvalue weighted by atomic mass is 32.1. The zero-order valence-electron chi connectivity index (χ0n) is 22.1. The standard InChI is InChI=1S/C27H34N6OS2Si/c1-6-33(7-2)23-15-13-22(14-16-23)30-32-27-28-26-24(35-27)19-25(36-26)31-29-21-11-9-20(10-12-21)17-18-34-37(4,5)8-3/h9-16,19H,6-8,17-18H2,1-5H3. The van der Waals surface area contributed by atoms with E-state index in [0.717, 1.165) is 58.1 Å². The number of nitrogens with zero attached hydrogens (tertiary/aromatic N) is 6. The predicted octanol–water partition coefficient (Wildman–Crippen LogP) is 9.82. The summed E-state index contributed by atoms with van der Waals surface area (Å²) in [7, 11) is -1.48. The molecule has 4 aromatic rings. The van der Waals surface area contributed by atoms with Crippen molar-refractivity contribution in [2.75, 3.05) is 24.6 Å². The van der Waals surface area contributed by atoms with Crippen LogP contribution >= 0.6 is 22.7 Å². The molecule has 0 aliphatic carbocycles. The lowest BCUT2D eigenvalue weighted by atomic mass is 10.1. The minimum Gasteiger partial charge on any atom is -0.417 e. The minimum absolute atomic E-state index is 0.641. The van der Waals surface area contributed by atoms with Crippen LogP contribution in [0.25, 0.3) is 9.53 Å². The fraction of sp³-hybridized carbons (Fsp3) is 0.370. The van der Waals surface area contributed by atoms with Gasteiger partial charge >= 0.3 is 0 Å².